The number of hydrogen-bond acceptors (Lipinski definition) is 4. The molecule has 0 bridgehead atoms. The van der Waals surface area contributed by atoms with E-state index in [0.29, 0.717) is 24.4 Å². The number of anilines is 1. The molecular weight excluding hydrogens is 444 g/mol. The molecule has 1 amide bonds. The van der Waals surface area contributed by atoms with Crippen LogP contribution in [-0.2, 0) is 14.8 Å². The Bertz CT molecular complexity index is 920. The van der Waals surface area contributed by atoms with Gasteiger partial charge in [-0.3, -0.25) is 4.79 Å². The second-order valence-electron chi connectivity index (χ2n) is 6.54. The average Bonchev–Trinajstić information content (AvgIpc) is 2.63. The molecule has 1 unspecified atom stereocenters. The Morgan fingerprint density at radius 3 is 2.25 bits per heavy atom. The van der Waals surface area contributed by atoms with Gasteiger partial charge in [0.05, 0.1) is 4.90 Å². The number of hydrogen-bond donors (Lipinski definition) is 2. The van der Waals surface area contributed by atoms with Crippen LogP contribution >= 0.6 is 15.9 Å². The standard InChI is InChI=1S/C20H25BrN2O4S/c1-5-10-22-28(25,26)18-8-6-17(7-9-18)23-20(24)15(4)27-19-13(2)11-16(21)12-14(19)3/h6-9,11-12,15,22H,5,10H2,1-4H3,(H,23,24). The first-order chi connectivity index (χ1) is 13.1. The number of ether oxygens (including phenoxy) is 1. The topological polar surface area (TPSA) is 84.5 Å². The van der Waals surface area contributed by atoms with E-state index in [9.17, 15) is 13.2 Å². The third-order valence-corrected chi connectivity index (χ3v) is 6.00. The normalized spacial score (nSPS) is 12.5. The van der Waals surface area contributed by atoms with Crippen molar-refractivity contribution in [3.05, 3.63) is 52.0 Å². The van der Waals surface area contributed by atoms with Crippen LogP contribution in [0.2, 0.25) is 0 Å². The van der Waals surface area contributed by atoms with Gasteiger partial charge in [-0.15, -0.1) is 0 Å². The van der Waals surface area contributed by atoms with Crippen molar-refractivity contribution in [1.29, 1.82) is 0 Å². The first-order valence-corrected chi connectivity index (χ1v) is 11.3. The first-order valence-electron chi connectivity index (χ1n) is 8.98. The molecule has 1 atom stereocenters. The number of rotatable bonds is 8. The van der Waals surface area contributed by atoms with Gasteiger partial charge < -0.3 is 10.1 Å². The van der Waals surface area contributed by atoms with Crippen molar-refractivity contribution in [2.45, 2.75) is 45.1 Å². The highest BCUT2D eigenvalue weighted by molar-refractivity contribution is 9.10. The molecule has 2 aromatic rings. The Morgan fingerprint density at radius 2 is 1.71 bits per heavy atom. The minimum atomic E-state index is -3.53. The molecule has 2 rings (SSSR count). The summed E-state index contributed by atoms with van der Waals surface area (Å²) in [7, 11) is -3.53. The molecule has 0 aliphatic carbocycles. The van der Waals surface area contributed by atoms with Crippen LogP contribution in [0.15, 0.2) is 45.8 Å². The molecule has 0 aromatic heterocycles. The van der Waals surface area contributed by atoms with Crippen LogP contribution in [0, 0.1) is 13.8 Å². The summed E-state index contributed by atoms with van der Waals surface area (Å²) < 4.78 is 33.5. The molecule has 0 aliphatic heterocycles. The summed E-state index contributed by atoms with van der Waals surface area (Å²) >= 11 is 3.44. The molecule has 152 valence electrons. The predicted octanol–water partition coefficient (Wildman–Crippen LogP) is 4.16. The summed E-state index contributed by atoms with van der Waals surface area (Å²) in [6.07, 6.45) is -0.00374. The number of carbonyl (C=O) groups excluding carboxylic acids is 1. The molecule has 2 N–H and O–H groups in total. The summed E-state index contributed by atoms with van der Waals surface area (Å²) in [5, 5.41) is 2.75. The van der Waals surface area contributed by atoms with E-state index in [1.54, 1.807) is 19.1 Å². The summed E-state index contributed by atoms with van der Waals surface area (Å²) in [6, 6.07) is 9.89. The first kappa shape index (κ1) is 22.4. The van der Waals surface area contributed by atoms with E-state index in [4.69, 9.17) is 4.74 Å². The van der Waals surface area contributed by atoms with E-state index in [1.165, 1.54) is 12.1 Å². The number of sulfonamides is 1. The van der Waals surface area contributed by atoms with Crippen molar-refractivity contribution < 1.29 is 17.9 Å². The highest BCUT2D eigenvalue weighted by Gasteiger charge is 2.18. The molecule has 0 aliphatic rings. The maximum atomic E-state index is 12.5. The Hall–Kier alpha value is -1.90. The fourth-order valence-electron chi connectivity index (χ4n) is 2.59. The predicted molar refractivity (Wildman–Crippen MR) is 114 cm³/mol. The van der Waals surface area contributed by atoms with Crippen LogP contribution in [0.4, 0.5) is 5.69 Å². The molecule has 0 fully saturated rings. The Morgan fingerprint density at radius 1 is 1.14 bits per heavy atom. The molecule has 8 heteroatoms. The second kappa shape index (κ2) is 9.54. The number of carbonyl (C=O) groups is 1. The monoisotopic (exact) mass is 468 g/mol. The van der Waals surface area contributed by atoms with Crippen LogP contribution in [0.25, 0.3) is 0 Å². The summed E-state index contributed by atoms with van der Waals surface area (Å²) in [4.78, 5) is 12.6. The molecule has 0 radical (unpaired) electrons. The van der Waals surface area contributed by atoms with Gasteiger partial charge in [0.15, 0.2) is 6.10 Å². The molecule has 0 saturated heterocycles. The van der Waals surface area contributed by atoms with Crippen LogP contribution in [0.3, 0.4) is 0 Å². The fourth-order valence-corrected chi connectivity index (χ4v) is 4.42. The van der Waals surface area contributed by atoms with Crippen LogP contribution in [0.5, 0.6) is 5.75 Å². The van der Waals surface area contributed by atoms with E-state index >= 15 is 0 Å². The smallest absolute Gasteiger partial charge is 0.265 e. The van der Waals surface area contributed by atoms with Crippen molar-refractivity contribution in [3.63, 3.8) is 0 Å². The maximum absolute atomic E-state index is 12.5. The second-order valence-corrected chi connectivity index (χ2v) is 9.22. The Balaban J connectivity index is 2.04. The molecule has 28 heavy (non-hydrogen) atoms. The number of nitrogens with one attached hydrogen (secondary N) is 2. The van der Waals surface area contributed by atoms with Crippen LogP contribution < -0.4 is 14.8 Å². The van der Waals surface area contributed by atoms with E-state index in [1.807, 2.05) is 32.9 Å². The summed E-state index contributed by atoms with van der Waals surface area (Å²) in [5.41, 5.74) is 2.36. The number of halogens is 1. The van der Waals surface area contributed by atoms with Crippen molar-refractivity contribution in [3.8, 4) is 5.75 Å². The van der Waals surface area contributed by atoms with Gasteiger partial charge in [0, 0.05) is 16.7 Å². The van der Waals surface area contributed by atoms with E-state index in [0.717, 1.165) is 15.6 Å². The zero-order valence-electron chi connectivity index (χ0n) is 16.4. The van der Waals surface area contributed by atoms with E-state index in [-0.39, 0.29) is 10.8 Å². The SMILES string of the molecule is CCCNS(=O)(=O)c1ccc(NC(=O)C(C)Oc2c(C)cc(Br)cc2C)cc1. The lowest BCUT2D eigenvalue weighted by Gasteiger charge is -2.18. The van der Waals surface area contributed by atoms with Crippen molar-refractivity contribution in [2.24, 2.45) is 0 Å². The van der Waals surface area contributed by atoms with Gasteiger partial charge in [-0.05, 0) is 74.7 Å². The summed E-state index contributed by atoms with van der Waals surface area (Å²) in [5.74, 6) is 0.357. The van der Waals surface area contributed by atoms with Gasteiger partial charge in [-0.1, -0.05) is 22.9 Å². The minimum Gasteiger partial charge on any atom is -0.480 e. The van der Waals surface area contributed by atoms with Crippen LogP contribution in [0.1, 0.15) is 31.4 Å². The summed E-state index contributed by atoms with van der Waals surface area (Å²) in [6.45, 7) is 7.78. The zero-order valence-corrected chi connectivity index (χ0v) is 18.8. The van der Waals surface area contributed by atoms with Crippen LogP contribution in [-0.4, -0.2) is 27.0 Å². The molecular formula is C20H25BrN2O4S. The Kier molecular flexibility index (Phi) is 7.63. The highest BCUT2D eigenvalue weighted by atomic mass is 79.9. The van der Waals surface area contributed by atoms with Gasteiger partial charge >= 0.3 is 0 Å². The highest BCUT2D eigenvalue weighted by Crippen LogP contribution is 2.28. The zero-order chi connectivity index (χ0) is 20.9. The molecule has 0 saturated carbocycles. The van der Waals surface area contributed by atoms with Crippen molar-refractivity contribution in [2.75, 3.05) is 11.9 Å². The largest absolute Gasteiger partial charge is 0.480 e. The third kappa shape index (κ3) is 5.80. The Labute approximate surface area is 174 Å². The lowest BCUT2D eigenvalue weighted by atomic mass is 10.1. The lowest BCUT2D eigenvalue weighted by Crippen LogP contribution is -2.30. The van der Waals surface area contributed by atoms with Crippen molar-refractivity contribution in [1.82, 2.24) is 4.72 Å². The van der Waals surface area contributed by atoms with E-state index < -0.39 is 16.1 Å². The number of aryl methyl sites for hydroxylation is 2. The maximum Gasteiger partial charge on any atom is 0.265 e. The van der Waals surface area contributed by atoms with E-state index in [2.05, 4.69) is 26.0 Å². The lowest BCUT2D eigenvalue weighted by molar-refractivity contribution is -0.122. The van der Waals surface area contributed by atoms with Gasteiger partial charge in [-0.2, -0.15) is 0 Å². The molecule has 2 aromatic carbocycles. The molecule has 0 spiro atoms. The number of benzene rings is 2. The van der Waals surface area contributed by atoms with Gasteiger partial charge in [0.25, 0.3) is 5.91 Å². The average molecular weight is 469 g/mol. The minimum absolute atomic E-state index is 0.157. The third-order valence-electron chi connectivity index (χ3n) is 4.06. The fraction of sp³-hybridized carbons (Fsp3) is 0.350. The van der Waals surface area contributed by atoms with Crippen molar-refractivity contribution >= 4 is 37.5 Å². The van der Waals surface area contributed by atoms with Gasteiger partial charge in [-0.25, -0.2) is 13.1 Å². The quantitative estimate of drug-likeness (QED) is 0.608. The number of amides is 1. The molecule has 0 heterocycles. The van der Waals surface area contributed by atoms with Gasteiger partial charge in [0.1, 0.15) is 5.75 Å². The van der Waals surface area contributed by atoms with Gasteiger partial charge in [0.2, 0.25) is 10.0 Å². The molecule has 6 nitrogen and oxygen atoms in total.